The zero-order valence-corrected chi connectivity index (χ0v) is 20.1. The second kappa shape index (κ2) is 10.6. The van der Waals surface area contributed by atoms with E-state index in [9.17, 15) is 9.90 Å². The Kier molecular flexibility index (Phi) is 7.16. The number of carbonyl (C=O) groups excluding carboxylic acids is 1. The predicted octanol–water partition coefficient (Wildman–Crippen LogP) is 5.08. The van der Waals surface area contributed by atoms with Gasteiger partial charge in [-0.1, -0.05) is 110 Å². The van der Waals surface area contributed by atoms with Gasteiger partial charge in [-0.2, -0.15) is 0 Å². The lowest BCUT2D eigenvalue weighted by Gasteiger charge is -2.37. The number of ether oxygens (including phenoxy) is 1. The van der Waals surface area contributed by atoms with Crippen LogP contribution in [0.2, 0.25) is 0 Å². The van der Waals surface area contributed by atoms with Crippen molar-refractivity contribution >= 4 is 6.03 Å². The molecule has 0 unspecified atom stereocenters. The third-order valence-corrected chi connectivity index (χ3v) is 7.45. The fourth-order valence-electron chi connectivity index (χ4n) is 5.60. The number of hydrogen-bond donors (Lipinski definition) is 2. The van der Waals surface area contributed by atoms with Gasteiger partial charge in [0, 0.05) is 12.6 Å². The van der Waals surface area contributed by atoms with Crippen molar-refractivity contribution in [1.29, 1.82) is 0 Å². The molecule has 5 heteroatoms. The number of aliphatic hydroxyl groups excluding tert-OH is 1. The molecule has 182 valence electrons. The van der Waals surface area contributed by atoms with Crippen LogP contribution in [-0.2, 0) is 10.3 Å². The van der Waals surface area contributed by atoms with Gasteiger partial charge in [0.15, 0.2) is 0 Å². The lowest BCUT2D eigenvalue weighted by molar-refractivity contribution is -0.0463. The van der Waals surface area contributed by atoms with E-state index in [1.807, 2.05) is 59.5 Å². The number of hydrogen-bond acceptors (Lipinski definition) is 3. The van der Waals surface area contributed by atoms with Crippen LogP contribution in [0, 0.1) is 0 Å². The topological polar surface area (TPSA) is 61.8 Å². The summed E-state index contributed by atoms with van der Waals surface area (Å²) in [4.78, 5) is 14.6. The first-order valence-corrected chi connectivity index (χ1v) is 12.7. The number of aliphatic hydroxyl groups is 1. The van der Waals surface area contributed by atoms with Gasteiger partial charge in [0.25, 0.3) is 0 Å². The third-order valence-electron chi connectivity index (χ3n) is 7.45. The molecule has 5 nitrogen and oxygen atoms in total. The minimum Gasteiger partial charge on any atom is -0.388 e. The normalized spacial score (nSPS) is 20.0. The van der Waals surface area contributed by atoms with Crippen molar-refractivity contribution in [1.82, 2.24) is 10.2 Å². The highest BCUT2D eigenvalue weighted by Gasteiger charge is 2.41. The van der Waals surface area contributed by atoms with Crippen molar-refractivity contribution in [2.75, 3.05) is 13.2 Å². The molecule has 35 heavy (non-hydrogen) atoms. The molecule has 2 amide bonds. The van der Waals surface area contributed by atoms with E-state index >= 15 is 0 Å². The first-order valence-electron chi connectivity index (χ1n) is 12.7. The fourth-order valence-corrected chi connectivity index (χ4v) is 5.60. The maximum Gasteiger partial charge on any atom is 0.318 e. The SMILES string of the molecule is O=C1N[C@@H]([C@H](O)COC(c2ccccc2)(c2ccccc2)c2ccccc2)CN1C1CCCCC1. The van der Waals surface area contributed by atoms with Gasteiger partial charge in [-0.05, 0) is 29.5 Å². The van der Waals surface area contributed by atoms with Crippen LogP contribution in [-0.4, -0.2) is 47.4 Å². The Morgan fingerprint density at radius 2 is 1.31 bits per heavy atom. The molecule has 0 bridgehead atoms. The Bertz CT molecular complexity index is 988. The lowest BCUT2D eigenvalue weighted by atomic mass is 9.80. The fraction of sp³-hybridized carbons (Fsp3) is 0.367. The van der Waals surface area contributed by atoms with Crippen molar-refractivity contribution in [3.8, 4) is 0 Å². The first kappa shape index (κ1) is 23.6. The van der Waals surface area contributed by atoms with Crippen LogP contribution in [0.4, 0.5) is 4.79 Å². The van der Waals surface area contributed by atoms with E-state index in [2.05, 4.69) is 41.7 Å². The molecule has 3 aromatic rings. The molecule has 1 aliphatic carbocycles. The Morgan fingerprint density at radius 1 is 0.829 bits per heavy atom. The zero-order chi connectivity index (χ0) is 24.1. The monoisotopic (exact) mass is 470 g/mol. The summed E-state index contributed by atoms with van der Waals surface area (Å²) in [6, 6.07) is 30.3. The summed E-state index contributed by atoms with van der Waals surface area (Å²) < 4.78 is 6.76. The molecule has 3 aromatic carbocycles. The van der Waals surface area contributed by atoms with Gasteiger partial charge in [-0.15, -0.1) is 0 Å². The summed E-state index contributed by atoms with van der Waals surface area (Å²) in [5.74, 6) is 0. The van der Waals surface area contributed by atoms with Crippen LogP contribution in [0.25, 0.3) is 0 Å². The molecule has 2 aliphatic rings. The number of rotatable bonds is 8. The lowest BCUT2D eigenvalue weighted by Crippen LogP contribution is -2.44. The van der Waals surface area contributed by atoms with Gasteiger partial charge in [0.05, 0.1) is 18.8 Å². The zero-order valence-electron chi connectivity index (χ0n) is 20.1. The summed E-state index contributed by atoms with van der Waals surface area (Å²) in [7, 11) is 0. The highest BCUT2D eigenvalue weighted by atomic mass is 16.5. The van der Waals surface area contributed by atoms with Gasteiger partial charge in [0.1, 0.15) is 5.60 Å². The van der Waals surface area contributed by atoms with Crippen molar-refractivity contribution in [2.45, 2.75) is 55.9 Å². The van der Waals surface area contributed by atoms with E-state index in [-0.39, 0.29) is 24.7 Å². The molecule has 5 rings (SSSR count). The highest BCUT2D eigenvalue weighted by molar-refractivity contribution is 5.77. The van der Waals surface area contributed by atoms with Crippen LogP contribution < -0.4 is 5.32 Å². The van der Waals surface area contributed by atoms with Crippen molar-refractivity contribution in [3.63, 3.8) is 0 Å². The molecular formula is C30H34N2O3. The second-order valence-corrected chi connectivity index (χ2v) is 9.66. The molecule has 1 saturated heterocycles. The Labute approximate surface area is 207 Å². The molecule has 2 N–H and O–H groups in total. The number of nitrogens with one attached hydrogen (secondary N) is 1. The summed E-state index contributed by atoms with van der Waals surface area (Å²) in [6.45, 7) is 0.602. The third kappa shape index (κ3) is 4.84. The van der Waals surface area contributed by atoms with Crippen molar-refractivity contribution in [2.24, 2.45) is 0 Å². The van der Waals surface area contributed by atoms with Crippen LogP contribution in [0.5, 0.6) is 0 Å². The molecule has 0 spiro atoms. The maximum atomic E-state index is 12.7. The number of amides is 2. The first-order chi connectivity index (χ1) is 17.2. The van der Waals surface area contributed by atoms with Crippen LogP contribution in [0.1, 0.15) is 48.8 Å². The largest absolute Gasteiger partial charge is 0.388 e. The molecule has 1 aliphatic heterocycles. The van der Waals surface area contributed by atoms with E-state index in [0.29, 0.717) is 6.54 Å². The predicted molar refractivity (Wildman–Crippen MR) is 137 cm³/mol. The minimum atomic E-state index is -0.892. The smallest absolute Gasteiger partial charge is 0.318 e. The Morgan fingerprint density at radius 3 is 1.80 bits per heavy atom. The quantitative estimate of drug-likeness (QED) is 0.451. The van der Waals surface area contributed by atoms with E-state index in [4.69, 9.17) is 4.74 Å². The average Bonchev–Trinajstić information content (AvgIpc) is 3.33. The summed E-state index contributed by atoms with van der Waals surface area (Å²) >= 11 is 0. The Balaban J connectivity index is 1.42. The molecule has 1 saturated carbocycles. The summed E-state index contributed by atoms with van der Waals surface area (Å²) in [6.07, 6.45) is 4.84. The minimum absolute atomic E-state index is 0.0682. The van der Waals surface area contributed by atoms with Crippen LogP contribution >= 0.6 is 0 Å². The molecule has 0 radical (unpaired) electrons. The van der Waals surface area contributed by atoms with E-state index in [1.165, 1.54) is 19.3 Å². The van der Waals surface area contributed by atoms with Gasteiger partial charge >= 0.3 is 6.03 Å². The molecule has 1 heterocycles. The van der Waals surface area contributed by atoms with Gasteiger partial charge in [0.2, 0.25) is 0 Å². The molecule has 2 fully saturated rings. The second-order valence-electron chi connectivity index (χ2n) is 9.66. The number of benzene rings is 3. The average molecular weight is 471 g/mol. The number of nitrogens with zero attached hydrogens (tertiary/aromatic N) is 1. The standard InChI is InChI=1S/C30H34N2O3/c33-28(27-21-32(29(34)31-27)26-19-11-4-12-20-26)22-35-30(23-13-5-1-6-14-23,24-15-7-2-8-16-24)25-17-9-3-10-18-25/h1-3,5-10,13-18,26-28,33H,4,11-12,19-22H2,(H,31,34)/t27-,28-/m1/s1. The molecule has 0 aromatic heterocycles. The molecule has 2 atom stereocenters. The van der Waals surface area contributed by atoms with Gasteiger partial charge < -0.3 is 20.1 Å². The van der Waals surface area contributed by atoms with Crippen molar-refractivity contribution < 1.29 is 14.6 Å². The number of urea groups is 1. The Hall–Kier alpha value is -3.15. The molecular weight excluding hydrogens is 436 g/mol. The van der Waals surface area contributed by atoms with E-state index < -0.39 is 11.7 Å². The van der Waals surface area contributed by atoms with Crippen LogP contribution in [0.3, 0.4) is 0 Å². The highest BCUT2D eigenvalue weighted by Crippen LogP contribution is 2.40. The van der Waals surface area contributed by atoms with Gasteiger partial charge in [-0.3, -0.25) is 0 Å². The summed E-state index contributed by atoms with van der Waals surface area (Å²) in [5.41, 5.74) is 2.08. The number of carbonyl (C=O) groups is 1. The van der Waals surface area contributed by atoms with Crippen molar-refractivity contribution in [3.05, 3.63) is 108 Å². The van der Waals surface area contributed by atoms with Crippen LogP contribution in [0.15, 0.2) is 91.0 Å². The maximum absolute atomic E-state index is 12.7. The van der Waals surface area contributed by atoms with E-state index in [1.54, 1.807) is 0 Å². The van der Waals surface area contributed by atoms with E-state index in [0.717, 1.165) is 29.5 Å². The summed E-state index contributed by atoms with van der Waals surface area (Å²) in [5, 5.41) is 14.2. The van der Waals surface area contributed by atoms with Gasteiger partial charge in [-0.25, -0.2) is 4.79 Å².